The van der Waals surface area contributed by atoms with Gasteiger partial charge in [-0.15, -0.1) is 0 Å². The molecule has 0 aromatic carbocycles. The summed E-state index contributed by atoms with van der Waals surface area (Å²) in [5, 5.41) is 3.42. The predicted octanol–water partition coefficient (Wildman–Crippen LogP) is 3.07. The normalized spacial score (nSPS) is 15.1. The smallest absolute Gasteiger partial charge is 0.213 e. The van der Waals surface area contributed by atoms with E-state index in [-0.39, 0.29) is 0 Å². The molecular formula is C15H24N2O. The molecule has 1 aliphatic rings. The molecule has 3 heteroatoms. The van der Waals surface area contributed by atoms with Crippen LogP contribution in [0, 0.1) is 12.8 Å². The van der Waals surface area contributed by atoms with Gasteiger partial charge in [-0.2, -0.15) is 0 Å². The van der Waals surface area contributed by atoms with E-state index in [9.17, 15) is 0 Å². The third-order valence-corrected chi connectivity index (χ3v) is 3.18. The molecule has 1 aromatic rings. The first-order valence-corrected chi connectivity index (χ1v) is 6.97. The summed E-state index contributed by atoms with van der Waals surface area (Å²) in [6.45, 7) is 8.01. The molecule has 1 aliphatic carbocycles. The van der Waals surface area contributed by atoms with Gasteiger partial charge in [-0.05, 0) is 30.9 Å². The van der Waals surface area contributed by atoms with Crippen LogP contribution < -0.4 is 10.1 Å². The van der Waals surface area contributed by atoms with Crippen molar-refractivity contribution in [1.29, 1.82) is 0 Å². The Morgan fingerprint density at radius 2 is 2.17 bits per heavy atom. The lowest BCUT2D eigenvalue weighted by Gasteiger charge is -2.11. The van der Waals surface area contributed by atoms with Crippen molar-refractivity contribution in [2.45, 2.75) is 52.6 Å². The third kappa shape index (κ3) is 4.65. The summed E-state index contributed by atoms with van der Waals surface area (Å²) >= 11 is 0. The van der Waals surface area contributed by atoms with E-state index in [2.05, 4.69) is 36.3 Å². The van der Waals surface area contributed by atoms with Gasteiger partial charge in [0.05, 0.1) is 6.61 Å². The fourth-order valence-corrected chi connectivity index (χ4v) is 1.94. The summed E-state index contributed by atoms with van der Waals surface area (Å²) in [6.07, 6.45) is 3.94. The Balaban J connectivity index is 1.87. The molecule has 0 unspecified atom stereocenters. The Hall–Kier alpha value is -1.09. The molecule has 0 atom stereocenters. The first-order chi connectivity index (χ1) is 8.63. The molecule has 0 bridgehead atoms. The summed E-state index contributed by atoms with van der Waals surface area (Å²) in [4.78, 5) is 4.43. The van der Waals surface area contributed by atoms with Crippen molar-refractivity contribution in [1.82, 2.24) is 10.3 Å². The summed E-state index contributed by atoms with van der Waals surface area (Å²) < 4.78 is 5.75. The van der Waals surface area contributed by atoms with Crippen LogP contribution in [-0.2, 0) is 6.54 Å². The maximum Gasteiger partial charge on any atom is 0.213 e. The molecule has 100 valence electrons. The molecule has 0 aliphatic heterocycles. The molecule has 18 heavy (non-hydrogen) atoms. The molecular weight excluding hydrogens is 224 g/mol. The SMILES string of the molecule is Cc1cc(CNC(C)C)cc(OCCC2CC2)n1. The van der Waals surface area contributed by atoms with E-state index >= 15 is 0 Å². The molecule has 3 nitrogen and oxygen atoms in total. The number of hydrogen-bond donors (Lipinski definition) is 1. The Morgan fingerprint density at radius 3 is 2.83 bits per heavy atom. The first kappa shape index (κ1) is 13.3. The van der Waals surface area contributed by atoms with E-state index in [1.165, 1.54) is 24.8 Å². The number of nitrogens with one attached hydrogen (secondary N) is 1. The van der Waals surface area contributed by atoms with Crippen LogP contribution in [0.1, 0.15) is 44.4 Å². The second-order valence-corrected chi connectivity index (χ2v) is 5.57. The van der Waals surface area contributed by atoms with E-state index in [1.54, 1.807) is 0 Å². The second-order valence-electron chi connectivity index (χ2n) is 5.57. The second kappa shape index (κ2) is 6.19. The molecule has 0 saturated heterocycles. The van der Waals surface area contributed by atoms with Crippen molar-refractivity contribution >= 4 is 0 Å². The summed E-state index contributed by atoms with van der Waals surface area (Å²) in [6, 6.07) is 4.66. The minimum absolute atomic E-state index is 0.498. The number of nitrogens with zero attached hydrogens (tertiary/aromatic N) is 1. The molecule has 1 heterocycles. The minimum atomic E-state index is 0.498. The molecule has 1 aromatic heterocycles. The molecule has 2 rings (SSSR count). The van der Waals surface area contributed by atoms with Gasteiger partial charge in [-0.1, -0.05) is 26.7 Å². The van der Waals surface area contributed by atoms with E-state index in [0.29, 0.717) is 6.04 Å². The topological polar surface area (TPSA) is 34.1 Å². The summed E-state index contributed by atoms with van der Waals surface area (Å²) in [5.74, 6) is 1.69. The molecule has 0 radical (unpaired) electrons. The van der Waals surface area contributed by atoms with Crippen molar-refractivity contribution in [2.24, 2.45) is 5.92 Å². The van der Waals surface area contributed by atoms with E-state index in [1.807, 2.05) is 6.92 Å². The van der Waals surface area contributed by atoms with Crippen molar-refractivity contribution in [3.8, 4) is 5.88 Å². The van der Waals surface area contributed by atoms with Crippen LogP contribution in [-0.4, -0.2) is 17.6 Å². The highest BCUT2D eigenvalue weighted by Crippen LogP contribution is 2.32. The number of ether oxygens (including phenoxy) is 1. The molecule has 1 saturated carbocycles. The number of aromatic nitrogens is 1. The maximum atomic E-state index is 5.75. The van der Waals surface area contributed by atoms with Gasteiger partial charge in [0, 0.05) is 24.3 Å². The Bertz CT molecular complexity index is 386. The van der Waals surface area contributed by atoms with Crippen LogP contribution in [0.3, 0.4) is 0 Å². The molecule has 0 amide bonds. The number of aryl methyl sites for hydroxylation is 1. The number of hydrogen-bond acceptors (Lipinski definition) is 3. The average molecular weight is 248 g/mol. The fourth-order valence-electron chi connectivity index (χ4n) is 1.94. The maximum absolute atomic E-state index is 5.75. The fraction of sp³-hybridized carbons (Fsp3) is 0.667. The Kier molecular flexibility index (Phi) is 4.59. The minimum Gasteiger partial charge on any atom is -0.478 e. The first-order valence-electron chi connectivity index (χ1n) is 6.97. The zero-order valence-corrected chi connectivity index (χ0v) is 11.7. The number of rotatable bonds is 7. The van der Waals surface area contributed by atoms with E-state index < -0.39 is 0 Å². The van der Waals surface area contributed by atoms with E-state index in [0.717, 1.165) is 30.6 Å². The standard InChI is InChI=1S/C15H24N2O/c1-11(2)16-10-14-8-12(3)17-15(9-14)18-7-6-13-4-5-13/h8-9,11,13,16H,4-7,10H2,1-3H3. The third-order valence-electron chi connectivity index (χ3n) is 3.18. The highest BCUT2D eigenvalue weighted by atomic mass is 16.5. The average Bonchev–Trinajstić information content (AvgIpc) is 3.10. The monoisotopic (exact) mass is 248 g/mol. The van der Waals surface area contributed by atoms with Gasteiger partial charge in [0.1, 0.15) is 0 Å². The Morgan fingerprint density at radius 1 is 1.39 bits per heavy atom. The van der Waals surface area contributed by atoms with Crippen LogP contribution in [0.2, 0.25) is 0 Å². The quantitative estimate of drug-likeness (QED) is 0.805. The van der Waals surface area contributed by atoms with Crippen molar-refractivity contribution < 1.29 is 4.74 Å². The van der Waals surface area contributed by atoms with Gasteiger partial charge in [0.25, 0.3) is 0 Å². The van der Waals surface area contributed by atoms with Gasteiger partial charge < -0.3 is 10.1 Å². The van der Waals surface area contributed by atoms with E-state index in [4.69, 9.17) is 4.74 Å². The van der Waals surface area contributed by atoms with Gasteiger partial charge in [-0.25, -0.2) is 4.98 Å². The van der Waals surface area contributed by atoms with Crippen molar-refractivity contribution in [2.75, 3.05) is 6.61 Å². The predicted molar refractivity (Wildman–Crippen MR) is 73.8 cm³/mol. The van der Waals surface area contributed by atoms with Crippen LogP contribution in [0.5, 0.6) is 5.88 Å². The summed E-state index contributed by atoms with van der Waals surface area (Å²) in [5.41, 5.74) is 2.28. The lowest BCUT2D eigenvalue weighted by Crippen LogP contribution is -2.22. The zero-order chi connectivity index (χ0) is 13.0. The van der Waals surface area contributed by atoms with Crippen LogP contribution in [0.4, 0.5) is 0 Å². The van der Waals surface area contributed by atoms with Gasteiger partial charge in [0.2, 0.25) is 5.88 Å². The van der Waals surface area contributed by atoms with Crippen LogP contribution in [0.15, 0.2) is 12.1 Å². The molecule has 0 spiro atoms. The molecule has 1 N–H and O–H groups in total. The van der Waals surface area contributed by atoms with Crippen LogP contribution in [0.25, 0.3) is 0 Å². The highest BCUT2D eigenvalue weighted by Gasteiger charge is 2.20. The highest BCUT2D eigenvalue weighted by molar-refractivity contribution is 5.24. The largest absolute Gasteiger partial charge is 0.478 e. The van der Waals surface area contributed by atoms with Crippen molar-refractivity contribution in [3.63, 3.8) is 0 Å². The Labute approximate surface area is 110 Å². The van der Waals surface area contributed by atoms with Crippen molar-refractivity contribution in [3.05, 3.63) is 23.4 Å². The summed E-state index contributed by atoms with van der Waals surface area (Å²) in [7, 11) is 0. The van der Waals surface area contributed by atoms with Gasteiger partial charge in [-0.3, -0.25) is 0 Å². The number of pyridine rings is 1. The van der Waals surface area contributed by atoms with Gasteiger partial charge >= 0.3 is 0 Å². The van der Waals surface area contributed by atoms with Gasteiger partial charge in [0.15, 0.2) is 0 Å². The molecule has 1 fully saturated rings. The lowest BCUT2D eigenvalue weighted by molar-refractivity contribution is 0.290. The lowest BCUT2D eigenvalue weighted by atomic mass is 10.2. The van der Waals surface area contributed by atoms with Crippen LogP contribution >= 0.6 is 0 Å². The zero-order valence-electron chi connectivity index (χ0n) is 11.7.